The molecule has 4 nitrogen and oxygen atoms in total. The first-order chi connectivity index (χ1) is 11.1. The highest BCUT2D eigenvalue weighted by Gasteiger charge is 2.39. The summed E-state index contributed by atoms with van der Waals surface area (Å²) >= 11 is 0. The van der Waals surface area contributed by atoms with E-state index in [1.165, 1.54) is 17.5 Å². The quantitative estimate of drug-likeness (QED) is 0.931. The Hall–Kier alpha value is -1.39. The summed E-state index contributed by atoms with van der Waals surface area (Å²) in [5.41, 5.74) is 8.48. The van der Waals surface area contributed by atoms with Gasteiger partial charge in [-0.05, 0) is 25.3 Å². The number of benzene rings is 1. The maximum atomic E-state index is 12.8. The predicted octanol–water partition coefficient (Wildman–Crippen LogP) is 2.30. The molecule has 1 saturated heterocycles. The summed E-state index contributed by atoms with van der Waals surface area (Å²) < 4.78 is 0. The Morgan fingerprint density at radius 1 is 1.13 bits per heavy atom. The fourth-order valence-electron chi connectivity index (χ4n) is 3.89. The van der Waals surface area contributed by atoms with Crippen molar-refractivity contribution >= 4 is 5.91 Å². The minimum absolute atomic E-state index is 0.187. The summed E-state index contributed by atoms with van der Waals surface area (Å²) in [5.74, 6) is 0.187. The number of carbonyl (C=O) groups is 1. The summed E-state index contributed by atoms with van der Waals surface area (Å²) in [4.78, 5) is 17.2. The summed E-state index contributed by atoms with van der Waals surface area (Å²) in [7, 11) is 0. The zero-order chi connectivity index (χ0) is 16.3. The van der Waals surface area contributed by atoms with Gasteiger partial charge in [-0.3, -0.25) is 9.69 Å². The van der Waals surface area contributed by atoms with Crippen molar-refractivity contribution in [3.63, 3.8) is 0 Å². The number of piperazine rings is 1. The van der Waals surface area contributed by atoms with Gasteiger partial charge in [-0.25, -0.2) is 0 Å². The smallest absolute Gasteiger partial charge is 0.242 e. The second-order valence-electron chi connectivity index (χ2n) is 7.27. The molecule has 2 aliphatic rings. The average Bonchev–Trinajstić information content (AvgIpc) is 2.56. The summed E-state index contributed by atoms with van der Waals surface area (Å²) in [5, 5.41) is 0. The molecule has 0 unspecified atom stereocenters. The normalized spacial score (nSPS) is 22.1. The highest BCUT2D eigenvalue weighted by Crippen LogP contribution is 2.28. The monoisotopic (exact) mass is 315 g/mol. The van der Waals surface area contributed by atoms with Crippen LogP contribution in [0.5, 0.6) is 0 Å². The van der Waals surface area contributed by atoms with Gasteiger partial charge in [0.25, 0.3) is 0 Å². The first-order valence-electron chi connectivity index (χ1n) is 8.93. The van der Waals surface area contributed by atoms with Gasteiger partial charge >= 0.3 is 0 Å². The highest BCUT2D eigenvalue weighted by atomic mass is 16.2. The molecule has 3 rings (SSSR count). The second kappa shape index (κ2) is 7.02. The summed E-state index contributed by atoms with van der Waals surface area (Å²) in [6, 6.07) is 8.67. The molecule has 0 bridgehead atoms. The lowest BCUT2D eigenvalue weighted by molar-refractivity contribution is -0.140. The number of nitrogens with two attached hydrogens (primary N) is 1. The Kier molecular flexibility index (Phi) is 5.02. The largest absolute Gasteiger partial charge is 0.339 e. The van der Waals surface area contributed by atoms with E-state index >= 15 is 0 Å². The van der Waals surface area contributed by atoms with Gasteiger partial charge in [0.2, 0.25) is 5.91 Å². The fourth-order valence-corrected chi connectivity index (χ4v) is 3.89. The van der Waals surface area contributed by atoms with E-state index in [9.17, 15) is 4.79 Å². The van der Waals surface area contributed by atoms with Crippen molar-refractivity contribution in [1.29, 1.82) is 0 Å². The SMILES string of the molecule is Cc1cccc(CN2CCN(C(=O)C3(N)CCCCC3)CC2)c1. The Labute approximate surface area is 139 Å². The minimum atomic E-state index is -0.586. The number of aryl methyl sites for hydroxylation is 1. The third kappa shape index (κ3) is 3.93. The van der Waals surface area contributed by atoms with Gasteiger partial charge in [0.05, 0.1) is 5.54 Å². The maximum absolute atomic E-state index is 12.8. The predicted molar refractivity (Wildman–Crippen MR) is 93.0 cm³/mol. The minimum Gasteiger partial charge on any atom is -0.339 e. The lowest BCUT2D eigenvalue weighted by Gasteiger charge is -2.41. The molecule has 1 aromatic carbocycles. The van der Waals surface area contributed by atoms with Crippen LogP contribution in [0.2, 0.25) is 0 Å². The number of nitrogens with zero attached hydrogens (tertiary/aromatic N) is 2. The molecule has 2 fully saturated rings. The Morgan fingerprint density at radius 3 is 2.48 bits per heavy atom. The molecule has 0 aromatic heterocycles. The van der Waals surface area contributed by atoms with Crippen LogP contribution >= 0.6 is 0 Å². The molecule has 0 radical (unpaired) electrons. The molecule has 1 heterocycles. The van der Waals surface area contributed by atoms with Crippen LogP contribution in [0.4, 0.5) is 0 Å². The molecule has 126 valence electrons. The van der Waals surface area contributed by atoms with Crippen molar-refractivity contribution < 1.29 is 4.79 Å². The van der Waals surface area contributed by atoms with Crippen molar-refractivity contribution in [3.8, 4) is 0 Å². The van der Waals surface area contributed by atoms with Gasteiger partial charge in [0, 0.05) is 32.7 Å². The molecule has 1 amide bonds. The van der Waals surface area contributed by atoms with Crippen molar-refractivity contribution in [3.05, 3.63) is 35.4 Å². The Morgan fingerprint density at radius 2 is 1.83 bits per heavy atom. The molecule has 1 aromatic rings. The number of amides is 1. The molecule has 1 saturated carbocycles. The Bertz CT molecular complexity index is 543. The van der Waals surface area contributed by atoms with Crippen LogP contribution in [0.25, 0.3) is 0 Å². The van der Waals surface area contributed by atoms with Gasteiger partial charge in [-0.2, -0.15) is 0 Å². The van der Waals surface area contributed by atoms with Crippen molar-refractivity contribution in [2.24, 2.45) is 5.73 Å². The van der Waals surface area contributed by atoms with E-state index in [0.717, 1.165) is 58.4 Å². The van der Waals surface area contributed by atoms with E-state index < -0.39 is 5.54 Å². The lowest BCUT2D eigenvalue weighted by atomic mass is 9.81. The lowest BCUT2D eigenvalue weighted by Crippen LogP contribution is -2.60. The number of hydrogen-bond donors (Lipinski definition) is 1. The molecule has 1 aliphatic heterocycles. The second-order valence-corrected chi connectivity index (χ2v) is 7.27. The van der Waals surface area contributed by atoms with Crippen LogP contribution < -0.4 is 5.73 Å². The van der Waals surface area contributed by atoms with Crippen LogP contribution in [-0.2, 0) is 11.3 Å². The van der Waals surface area contributed by atoms with Crippen LogP contribution in [0.1, 0.15) is 43.2 Å². The maximum Gasteiger partial charge on any atom is 0.242 e. The molecule has 1 aliphatic carbocycles. The van der Waals surface area contributed by atoms with Crippen LogP contribution in [0.3, 0.4) is 0 Å². The number of hydrogen-bond acceptors (Lipinski definition) is 3. The topological polar surface area (TPSA) is 49.6 Å². The molecule has 23 heavy (non-hydrogen) atoms. The number of rotatable bonds is 3. The van der Waals surface area contributed by atoms with Crippen molar-refractivity contribution in [2.75, 3.05) is 26.2 Å². The third-order valence-corrected chi connectivity index (χ3v) is 5.32. The zero-order valence-corrected chi connectivity index (χ0v) is 14.3. The first-order valence-corrected chi connectivity index (χ1v) is 8.93. The molecule has 0 spiro atoms. The van der Waals surface area contributed by atoms with E-state index in [0.29, 0.717) is 0 Å². The zero-order valence-electron chi connectivity index (χ0n) is 14.3. The van der Waals surface area contributed by atoms with E-state index in [4.69, 9.17) is 5.73 Å². The van der Waals surface area contributed by atoms with Gasteiger partial charge in [-0.1, -0.05) is 49.1 Å². The van der Waals surface area contributed by atoms with Crippen LogP contribution in [-0.4, -0.2) is 47.4 Å². The van der Waals surface area contributed by atoms with Crippen molar-refractivity contribution in [1.82, 2.24) is 9.80 Å². The fraction of sp³-hybridized carbons (Fsp3) is 0.632. The molecular formula is C19H29N3O. The molecule has 4 heteroatoms. The van der Waals surface area contributed by atoms with Crippen LogP contribution in [0, 0.1) is 6.92 Å². The first kappa shape index (κ1) is 16.5. The molecular weight excluding hydrogens is 286 g/mol. The molecule has 2 N–H and O–H groups in total. The Balaban J connectivity index is 1.53. The van der Waals surface area contributed by atoms with E-state index in [1.807, 2.05) is 4.90 Å². The average molecular weight is 315 g/mol. The van der Waals surface area contributed by atoms with Crippen molar-refractivity contribution in [2.45, 2.75) is 51.1 Å². The van der Waals surface area contributed by atoms with E-state index in [2.05, 4.69) is 36.1 Å². The van der Waals surface area contributed by atoms with Crippen LogP contribution in [0.15, 0.2) is 24.3 Å². The summed E-state index contributed by atoms with van der Waals surface area (Å²) in [6.07, 6.45) is 5.12. The van der Waals surface area contributed by atoms with Gasteiger partial charge < -0.3 is 10.6 Å². The van der Waals surface area contributed by atoms with Gasteiger partial charge in [0.15, 0.2) is 0 Å². The summed E-state index contributed by atoms with van der Waals surface area (Å²) in [6.45, 7) is 6.60. The third-order valence-electron chi connectivity index (χ3n) is 5.32. The molecule has 0 atom stereocenters. The standard InChI is InChI=1S/C19H29N3O/c1-16-6-5-7-17(14-16)15-21-10-12-22(13-11-21)18(23)19(20)8-3-2-4-9-19/h5-7,14H,2-4,8-13,15,20H2,1H3. The van der Waals surface area contributed by atoms with Gasteiger partial charge in [-0.15, -0.1) is 0 Å². The van der Waals surface area contributed by atoms with E-state index in [1.54, 1.807) is 0 Å². The number of carbonyl (C=O) groups excluding carboxylic acids is 1. The highest BCUT2D eigenvalue weighted by molar-refractivity contribution is 5.86. The van der Waals surface area contributed by atoms with E-state index in [-0.39, 0.29) is 5.91 Å². The van der Waals surface area contributed by atoms with Gasteiger partial charge in [0.1, 0.15) is 0 Å².